The topological polar surface area (TPSA) is 12.5 Å². The van der Waals surface area contributed by atoms with Crippen molar-refractivity contribution < 1.29 is 4.74 Å². The molecule has 0 unspecified atom stereocenters. The van der Waals surface area contributed by atoms with E-state index in [1.165, 1.54) is 55.6 Å². The van der Waals surface area contributed by atoms with Crippen LogP contribution in [0.4, 0.5) is 17.1 Å². The Kier molecular flexibility index (Phi) is 4.95. The summed E-state index contributed by atoms with van der Waals surface area (Å²) >= 11 is 0. The monoisotopic (exact) mass is 573 g/mol. The molecule has 0 N–H and O–H groups in total. The lowest BCUT2D eigenvalue weighted by Crippen LogP contribution is -2.26. The molecule has 1 spiro atoms. The van der Waals surface area contributed by atoms with E-state index < -0.39 is 5.41 Å². The maximum Gasteiger partial charge on any atom is 0.151 e. The molecule has 0 saturated heterocycles. The van der Waals surface area contributed by atoms with Crippen molar-refractivity contribution in [1.82, 2.24) is 0 Å². The van der Waals surface area contributed by atoms with E-state index in [2.05, 4.69) is 157 Å². The van der Waals surface area contributed by atoms with Crippen molar-refractivity contribution in [1.29, 1.82) is 0 Å². The minimum absolute atomic E-state index is 0.440. The summed E-state index contributed by atoms with van der Waals surface area (Å²) < 4.78 is 6.37. The molecule has 0 amide bonds. The van der Waals surface area contributed by atoms with Gasteiger partial charge in [-0.05, 0) is 98.1 Å². The summed E-state index contributed by atoms with van der Waals surface area (Å²) in [5.41, 5.74) is 15.8. The standard InChI is InChI=1S/C43H27NO/c1-2-12-28(13-3-1)29-22-24-33-34-25-23-30(44-39-18-8-10-20-41(39)45-42-21-11-9-19-40(42)44)27-38(34)43(37(33)26-29)35-16-6-4-14-31(35)32-15-5-7-17-36(32)43/h1-27H. The first-order chi connectivity index (χ1) is 22.3. The molecule has 45 heavy (non-hydrogen) atoms. The zero-order chi connectivity index (χ0) is 29.5. The molecule has 2 aliphatic carbocycles. The van der Waals surface area contributed by atoms with E-state index in [1.807, 2.05) is 12.1 Å². The third-order valence-corrected chi connectivity index (χ3v) is 9.87. The zero-order valence-electron chi connectivity index (χ0n) is 24.4. The lowest BCUT2D eigenvalue weighted by Gasteiger charge is -2.34. The van der Waals surface area contributed by atoms with Crippen LogP contribution in [0.15, 0.2) is 164 Å². The molecule has 7 aromatic carbocycles. The molecule has 0 atom stereocenters. The second kappa shape index (κ2) is 9.07. The largest absolute Gasteiger partial charge is 0.453 e. The smallest absolute Gasteiger partial charge is 0.151 e. The predicted molar refractivity (Wildman–Crippen MR) is 183 cm³/mol. The number of benzene rings is 7. The van der Waals surface area contributed by atoms with Crippen molar-refractivity contribution >= 4 is 17.1 Å². The molecule has 1 heterocycles. The van der Waals surface area contributed by atoms with Crippen LogP contribution >= 0.6 is 0 Å². The Morgan fingerprint density at radius 3 is 1.56 bits per heavy atom. The molecule has 0 bridgehead atoms. The first-order valence-electron chi connectivity index (χ1n) is 15.5. The summed E-state index contributed by atoms with van der Waals surface area (Å²) in [6.07, 6.45) is 0. The highest BCUT2D eigenvalue weighted by atomic mass is 16.5. The maximum atomic E-state index is 6.37. The third kappa shape index (κ3) is 3.23. The Balaban J connectivity index is 1.29. The fraction of sp³-hybridized carbons (Fsp3) is 0.0233. The van der Waals surface area contributed by atoms with Gasteiger partial charge >= 0.3 is 0 Å². The number of rotatable bonds is 2. The lowest BCUT2D eigenvalue weighted by atomic mass is 9.70. The van der Waals surface area contributed by atoms with Gasteiger partial charge in [-0.15, -0.1) is 0 Å². The molecule has 2 heteroatoms. The Hall–Kier alpha value is -5.86. The number of hydrogen-bond acceptors (Lipinski definition) is 2. The maximum absolute atomic E-state index is 6.37. The van der Waals surface area contributed by atoms with Gasteiger partial charge in [0.25, 0.3) is 0 Å². The molecule has 7 aromatic rings. The molecule has 0 fully saturated rings. The van der Waals surface area contributed by atoms with Crippen LogP contribution in [0.25, 0.3) is 33.4 Å². The van der Waals surface area contributed by atoms with Crippen LogP contribution < -0.4 is 9.64 Å². The summed E-state index contributed by atoms with van der Waals surface area (Å²) in [6.45, 7) is 0. The summed E-state index contributed by atoms with van der Waals surface area (Å²) in [5.74, 6) is 1.72. The van der Waals surface area contributed by atoms with Crippen LogP contribution in [0.1, 0.15) is 22.3 Å². The van der Waals surface area contributed by atoms with Crippen LogP contribution in [0.2, 0.25) is 0 Å². The van der Waals surface area contributed by atoms with Crippen molar-refractivity contribution in [2.45, 2.75) is 5.41 Å². The lowest BCUT2D eigenvalue weighted by molar-refractivity contribution is 0.477. The molecule has 10 rings (SSSR count). The van der Waals surface area contributed by atoms with E-state index in [9.17, 15) is 0 Å². The average Bonchev–Trinajstić information content (AvgIpc) is 3.57. The first kappa shape index (κ1) is 24.6. The molecule has 3 aliphatic rings. The Morgan fingerprint density at radius 2 is 0.889 bits per heavy atom. The van der Waals surface area contributed by atoms with Gasteiger partial charge in [0, 0.05) is 5.69 Å². The Labute approximate surface area is 262 Å². The number of ether oxygens (including phenoxy) is 1. The number of hydrogen-bond donors (Lipinski definition) is 0. The van der Waals surface area contributed by atoms with Gasteiger partial charge in [-0.1, -0.05) is 121 Å². The number of anilines is 3. The molecule has 210 valence electrons. The van der Waals surface area contributed by atoms with E-state index in [4.69, 9.17) is 4.74 Å². The molecule has 1 aliphatic heterocycles. The first-order valence-corrected chi connectivity index (χ1v) is 15.5. The van der Waals surface area contributed by atoms with Crippen LogP contribution in [-0.2, 0) is 5.41 Å². The zero-order valence-corrected chi connectivity index (χ0v) is 24.4. The van der Waals surface area contributed by atoms with Crippen molar-refractivity contribution in [2.24, 2.45) is 0 Å². The highest BCUT2D eigenvalue weighted by molar-refractivity contribution is 5.97. The fourth-order valence-electron chi connectivity index (χ4n) is 8.06. The van der Waals surface area contributed by atoms with E-state index >= 15 is 0 Å². The van der Waals surface area contributed by atoms with Crippen molar-refractivity contribution in [3.63, 3.8) is 0 Å². The van der Waals surface area contributed by atoms with E-state index in [0.29, 0.717) is 0 Å². The molecular formula is C43H27NO. The van der Waals surface area contributed by atoms with E-state index in [0.717, 1.165) is 28.6 Å². The van der Waals surface area contributed by atoms with Gasteiger partial charge in [0.1, 0.15) is 0 Å². The molecule has 0 radical (unpaired) electrons. The van der Waals surface area contributed by atoms with E-state index in [1.54, 1.807) is 0 Å². The highest BCUT2D eigenvalue weighted by Gasteiger charge is 2.52. The van der Waals surface area contributed by atoms with Gasteiger partial charge in [-0.2, -0.15) is 0 Å². The SMILES string of the molecule is c1ccc(-c2ccc3c(c2)C2(c4ccccc4-c4ccccc42)c2cc(N4c5ccccc5Oc5ccccc54)ccc2-3)cc1. The average molecular weight is 574 g/mol. The van der Waals surface area contributed by atoms with Crippen LogP contribution in [0.3, 0.4) is 0 Å². The van der Waals surface area contributed by atoms with Crippen molar-refractivity contribution in [3.8, 4) is 44.9 Å². The normalized spacial score (nSPS) is 14.1. The van der Waals surface area contributed by atoms with Crippen LogP contribution in [0, 0.1) is 0 Å². The fourth-order valence-corrected chi connectivity index (χ4v) is 8.06. The van der Waals surface area contributed by atoms with Gasteiger partial charge in [-0.25, -0.2) is 0 Å². The van der Waals surface area contributed by atoms with E-state index in [-0.39, 0.29) is 0 Å². The number of nitrogens with zero attached hydrogens (tertiary/aromatic N) is 1. The summed E-state index contributed by atoms with van der Waals surface area (Å²) in [7, 11) is 0. The van der Waals surface area contributed by atoms with Crippen LogP contribution in [0.5, 0.6) is 11.5 Å². The number of para-hydroxylation sites is 4. The second-order valence-corrected chi connectivity index (χ2v) is 12.1. The Morgan fingerprint density at radius 1 is 0.378 bits per heavy atom. The third-order valence-electron chi connectivity index (χ3n) is 9.87. The minimum atomic E-state index is -0.440. The minimum Gasteiger partial charge on any atom is -0.453 e. The molecular weight excluding hydrogens is 546 g/mol. The summed E-state index contributed by atoms with van der Waals surface area (Å²) in [4.78, 5) is 2.35. The van der Waals surface area contributed by atoms with Gasteiger partial charge in [0.15, 0.2) is 11.5 Å². The second-order valence-electron chi connectivity index (χ2n) is 12.1. The molecule has 0 aromatic heterocycles. The van der Waals surface area contributed by atoms with Gasteiger partial charge in [-0.3, -0.25) is 0 Å². The van der Waals surface area contributed by atoms with Crippen molar-refractivity contribution in [3.05, 3.63) is 186 Å². The van der Waals surface area contributed by atoms with Crippen molar-refractivity contribution in [2.75, 3.05) is 4.90 Å². The molecule has 0 saturated carbocycles. The number of fused-ring (bicyclic) bond motifs is 12. The highest BCUT2D eigenvalue weighted by Crippen LogP contribution is 2.64. The van der Waals surface area contributed by atoms with Gasteiger partial charge < -0.3 is 9.64 Å². The van der Waals surface area contributed by atoms with Crippen LogP contribution in [-0.4, -0.2) is 0 Å². The van der Waals surface area contributed by atoms with Gasteiger partial charge in [0.2, 0.25) is 0 Å². The summed E-state index contributed by atoms with van der Waals surface area (Å²) in [5, 5.41) is 0. The quantitative estimate of drug-likeness (QED) is 0.204. The predicted octanol–water partition coefficient (Wildman–Crippen LogP) is 11.3. The Bertz CT molecular complexity index is 2230. The van der Waals surface area contributed by atoms with Gasteiger partial charge in [0.05, 0.1) is 16.8 Å². The summed E-state index contributed by atoms with van der Waals surface area (Å²) in [6, 6.07) is 59.5. The molecule has 2 nitrogen and oxygen atoms in total.